The zero-order chi connectivity index (χ0) is 12.3. The lowest BCUT2D eigenvalue weighted by atomic mass is 10.0. The maximum atomic E-state index is 11.2. The van der Waals surface area contributed by atoms with Crippen molar-refractivity contribution in [2.24, 2.45) is 11.7 Å². The van der Waals surface area contributed by atoms with Gasteiger partial charge in [0.25, 0.3) is 0 Å². The Kier molecular flexibility index (Phi) is 3.42. The third kappa shape index (κ3) is 3.06. The molecule has 1 aromatic carbocycles. The van der Waals surface area contributed by atoms with Crippen molar-refractivity contribution in [3.63, 3.8) is 0 Å². The highest BCUT2D eigenvalue weighted by atomic mass is 16.6. The summed E-state index contributed by atoms with van der Waals surface area (Å²) in [5.41, 5.74) is 7.49. The molecule has 0 aliphatic heterocycles. The van der Waals surface area contributed by atoms with E-state index in [2.05, 4.69) is 16.9 Å². The highest BCUT2D eigenvalue weighted by Gasteiger charge is 2.21. The second-order valence-corrected chi connectivity index (χ2v) is 4.37. The minimum absolute atomic E-state index is 0.252. The minimum Gasteiger partial charge on any atom is -0.376 e. The molecular weight excluding hydrogens is 218 g/mol. The normalized spacial score (nSPS) is 14.4. The lowest BCUT2D eigenvalue weighted by Crippen LogP contribution is -2.19. The second kappa shape index (κ2) is 4.99. The molecular formula is C13H15NO3. The molecule has 1 aliphatic carbocycles. The third-order valence-electron chi connectivity index (χ3n) is 3.11. The molecule has 0 atom stereocenters. The molecule has 1 aromatic rings. The van der Waals surface area contributed by atoms with Crippen LogP contribution in [0, 0.1) is 5.92 Å². The molecule has 2 N–H and O–H groups in total. The highest BCUT2D eigenvalue weighted by Crippen LogP contribution is 2.29. The first kappa shape index (κ1) is 11.6. The first-order valence-electron chi connectivity index (χ1n) is 5.72. The molecule has 0 unspecified atom stereocenters. The molecule has 0 fully saturated rings. The fourth-order valence-corrected chi connectivity index (χ4v) is 2.34. The van der Waals surface area contributed by atoms with Gasteiger partial charge in [0.2, 0.25) is 0 Å². The van der Waals surface area contributed by atoms with E-state index in [1.807, 2.05) is 12.1 Å². The number of carbonyl (C=O) groups is 2. The number of esters is 1. The van der Waals surface area contributed by atoms with Crippen molar-refractivity contribution in [1.82, 2.24) is 0 Å². The molecule has 0 bridgehead atoms. The van der Waals surface area contributed by atoms with Crippen LogP contribution in [0.3, 0.4) is 0 Å². The molecule has 0 aromatic heterocycles. The van der Waals surface area contributed by atoms with Crippen LogP contribution in [-0.2, 0) is 22.4 Å². The first-order chi connectivity index (χ1) is 8.15. The molecule has 4 heteroatoms. The molecule has 0 saturated heterocycles. The average molecular weight is 233 g/mol. The summed E-state index contributed by atoms with van der Waals surface area (Å²) in [6.45, 7) is 0. The van der Waals surface area contributed by atoms with Gasteiger partial charge >= 0.3 is 12.1 Å². The van der Waals surface area contributed by atoms with Crippen LogP contribution in [0.15, 0.2) is 24.3 Å². The Morgan fingerprint density at radius 3 is 2.35 bits per heavy atom. The topological polar surface area (TPSA) is 69.4 Å². The van der Waals surface area contributed by atoms with Crippen LogP contribution >= 0.6 is 0 Å². The number of carbonyl (C=O) groups excluding carboxylic acids is 2. The predicted octanol–water partition coefficient (Wildman–Crippen LogP) is 1.80. The Morgan fingerprint density at radius 2 is 1.82 bits per heavy atom. The van der Waals surface area contributed by atoms with Gasteiger partial charge in [0, 0.05) is 6.42 Å². The van der Waals surface area contributed by atoms with E-state index in [1.54, 1.807) is 0 Å². The number of hydrogen-bond acceptors (Lipinski definition) is 3. The van der Waals surface area contributed by atoms with Crippen LogP contribution in [0.1, 0.15) is 24.0 Å². The lowest BCUT2D eigenvalue weighted by molar-refractivity contribution is -0.137. The Hall–Kier alpha value is -1.84. The average Bonchev–Trinajstić information content (AvgIpc) is 2.68. The standard InChI is InChI=1S/C13H15NO3/c14-13(16)17-12(15)6-5-9-7-10-3-1-2-4-11(10)8-9/h1-4,9H,5-8H2,(H2,14,16). The maximum Gasteiger partial charge on any atom is 0.412 e. The lowest BCUT2D eigenvalue weighted by Gasteiger charge is -2.06. The van der Waals surface area contributed by atoms with E-state index < -0.39 is 12.1 Å². The Morgan fingerprint density at radius 1 is 1.24 bits per heavy atom. The van der Waals surface area contributed by atoms with E-state index in [1.165, 1.54) is 11.1 Å². The summed E-state index contributed by atoms with van der Waals surface area (Å²) in [4.78, 5) is 21.5. The van der Waals surface area contributed by atoms with E-state index in [0.29, 0.717) is 5.92 Å². The zero-order valence-electron chi connectivity index (χ0n) is 9.52. The molecule has 2 rings (SSSR count). The van der Waals surface area contributed by atoms with Gasteiger partial charge in [0.15, 0.2) is 0 Å². The number of hydrogen-bond donors (Lipinski definition) is 1. The monoisotopic (exact) mass is 233 g/mol. The maximum absolute atomic E-state index is 11.2. The summed E-state index contributed by atoms with van der Waals surface area (Å²) in [7, 11) is 0. The third-order valence-corrected chi connectivity index (χ3v) is 3.11. The number of amides is 1. The number of primary amides is 1. The van der Waals surface area contributed by atoms with E-state index in [9.17, 15) is 9.59 Å². The summed E-state index contributed by atoms with van der Waals surface area (Å²) >= 11 is 0. The van der Waals surface area contributed by atoms with Crippen LogP contribution in [0.4, 0.5) is 4.79 Å². The van der Waals surface area contributed by atoms with Gasteiger partial charge < -0.3 is 10.5 Å². The van der Waals surface area contributed by atoms with Crippen molar-refractivity contribution in [3.8, 4) is 0 Å². The van der Waals surface area contributed by atoms with E-state index >= 15 is 0 Å². The van der Waals surface area contributed by atoms with Gasteiger partial charge in [-0.15, -0.1) is 0 Å². The SMILES string of the molecule is NC(=O)OC(=O)CCC1Cc2ccccc2C1. The fourth-order valence-electron chi connectivity index (χ4n) is 2.34. The smallest absolute Gasteiger partial charge is 0.376 e. The van der Waals surface area contributed by atoms with Crippen molar-refractivity contribution >= 4 is 12.1 Å². The largest absolute Gasteiger partial charge is 0.412 e. The summed E-state index contributed by atoms with van der Waals surface area (Å²) < 4.78 is 4.29. The molecule has 1 aliphatic rings. The number of ether oxygens (including phenoxy) is 1. The van der Waals surface area contributed by atoms with Gasteiger partial charge in [-0.25, -0.2) is 4.79 Å². The van der Waals surface area contributed by atoms with Crippen molar-refractivity contribution in [2.45, 2.75) is 25.7 Å². The van der Waals surface area contributed by atoms with Crippen molar-refractivity contribution in [3.05, 3.63) is 35.4 Å². The molecule has 0 radical (unpaired) electrons. The van der Waals surface area contributed by atoms with Crippen molar-refractivity contribution in [2.75, 3.05) is 0 Å². The molecule has 90 valence electrons. The quantitative estimate of drug-likeness (QED) is 0.639. The Labute approximate surface area is 99.8 Å². The van der Waals surface area contributed by atoms with Crippen LogP contribution < -0.4 is 5.73 Å². The van der Waals surface area contributed by atoms with Crippen molar-refractivity contribution in [1.29, 1.82) is 0 Å². The number of rotatable bonds is 3. The van der Waals surface area contributed by atoms with Gasteiger partial charge in [-0.3, -0.25) is 4.79 Å². The Balaban J connectivity index is 1.80. The summed E-state index contributed by atoms with van der Waals surface area (Å²) in [6, 6.07) is 8.30. The molecule has 4 nitrogen and oxygen atoms in total. The van der Waals surface area contributed by atoms with Gasteiger partial charge in [-0.1, -0.05) is 24.3 Å². The Bertz CT molecular complexity index is 417. The first-order valence-corrected chi connectivity index (χ1v) is 5.72. The molecule has 1 amide bonds. The number of fused-ring (bicyclic) bond motifs is 1. The van der Waals surface area contributed by atoms with Gasteiger partial charge in [0.05, 0.1) is 0 Å². The number of benzene rings is 1. The van der Waals surface area contributed by atoms with E-state index in [4.69, 9.17) is 5.73 Å². The van der Waals surface area contributed by atoms with E-state index in [-0.39, 0.29) is 6.42 Å². The van der Waals surface area contributed by atoms with E-state index in [0.717, 1.165) is 19.3 Å². The van der Waals surface area contributed by atoms with Gasteiger partial charge in [-0.05, 0) is 36.3 Å². The van der Waals surface area contributed by atoms with Crippen LogP contribution in [0.5, 0.6) is 0 Å². The van der Waals surface area contributed by atoms with Crippen LogP contribution in [-0.4, -0.2) is 12.1 Å². The number of nitrogens with two attached hydrogens (primary N) is 1. The molecule has 0 heterocycles. The summed E-state index contributed by atoms with van der Waals surface area (Å²) in [5.74, 6) is -0.0683. The molecule has 0 spiro atoms. The van der Waals surface area contributed by atoms with Crippen molar-refractivity contribution < 1.29 is 14.3 Å². The zero-order valence-corrected chi connectivity index (χ0v) is 9.52. The predicted molar refractivity (Wildman–Crippen MR) is 62.2 cm³/mol. The summed E-state index contributed by atoms with van der Waals surface area (Å²) in [6.07, 6.45) is 1.97. The minimum atomic E-state index is -1.02. The van der Waals surface area contributed by atoms with Crippen LogP contribution in [0.2, 0.25) is 0 Å². The molecule has 17 heavy (non-hydrogen) atoms. The second-order valence-electron chi connectivity index (χ2n) is 4.37. The summed E-state index contributed by atoms with van der Waals surface area (Å²) in [5, 5.41) is 0. The van der Waals surface area contributed by atoms with Gasteiger partial charge in [0.1, 0.15) is 0 Å². The van der Waals surface area contributed by atoms with Crippen LogP contribution in [0.25, 0.3) is 0 Å². The van der Waals surface area contributed by atoms with Gasteiger partial charge in [-0.2, -0.15) is 0 Å². The fraction of sp³-hybridized carbons (Fsp3) is 0.385. The molecule has 0 saturated carbocycles. The highest BCUT2D eigenvalue weighted by molar-refractivity contribution is 5.83.